The predicted molar refractivity (Wildman–Crippen MR) is 110 cm³/mol. The summed E-state index contributed by atoms with van der Waals surface area (Å²) in [4.78, 5) is 16.8. The molecule has 0 aliphatic carbocycles. The number of hydrogen-bond acceptors (Lipinski definition) is 4. The highest BCUT2D eigenvalue weighted by Gasteiger charge is 2.17. The van der Waals surface area contributed by atoms with Gasteiger partial charge in [0.15, 0.2) is 0 Å². The maximum atomic E-state index is 12.1. The fourth-order valence-electron chi connectivity index (χ4n) is 3.10. The summed E-state index contributed by atoms with van der Waals surface area (Å²) < 4.78 is 5.76. The number of piperazine rings is 1. The number of nitrogens with one attached hydrogen (secondary N) is 1. The highest BCUT2D eigenvalue weighted by atomic mass is 35.5. The monoisotopic (exact) mass is 387 g/mol. The first-order valence-electron chi connectivity index (χ1n) is 9.37. The van der Waals surface area contributed by atoms with Crippen LogP contribution in [0.25, 0.3) is 0 Å². The minimum Gasteiger partial charge on any atom is -0.492 e. The maximum absolute atomic E-state index is 12.1. The summed E-state index contributed by atoms with van der Waals surface area (Å²) in [5.74, 6) is 0.942. The molecule has 27 heavy (non-hydrogen) atoms. The van der Waals surface area contributed by atoms with E-state index in [9.17, 15) is 4.79 Å². The summed E-state index contributed by atoms with van der Waals surface area (Å²) in [5.41, 5.74) is 0.746. The van der Waals surface area contributed by atoms with E-state index in [-0.39, 0.29) is 5.91 Å². The number of halogens is 1. The van der Waals surface area contributed by atoms with E-state index in [2.05, 4.69) is 15.1 Å². The molecule has 3 rings (SSSR count). The number of rotatable bonds is 8. The smallest absolute Gasteiger partial charge is 0.225 e. The molecule has 0 radical (unpaired) electrons. The van der Waals surface area contributed by atoms with Gasteiger partial charge in [0.1, 0.15) is 12.4 Å². The van der Waals surface area contributed by atoms with Gasteiger partial charge in [0.2, 0.25) is 5.91 Å². The molecule has 6 heteroatoms. The van der Waals surface area contributed by atoms with Gasteiger partial charge in [-0.05, 0) is 30.3 Å². The summed E-state index contributed by atoms with van der Waals surface area (Å²) in [6, 6.07) is 17.1. The molecule has 144 valence electrons. The average Bonchev–Trinajstić information content (AvgIpc) is 2.68. The van der Waals surface area contributed by atoms with E-state index < -0.39 is 0 Å². The Hall–Kier alpha value is -2.08. The van der Waals surface area contributed by atoms with E-state index in [1.807, 2.05) is 42.5 Å². The molecular formula is C21H26ClN3O2. The molecule has 1 N–H and O–H groups in total. The van der Waals surface area contributed by atoms with Crippen LogP contribution in [0.1, 0.15) is 6.42 Å². The number of anilines is 1. The van der Waals surface area contributed by atoms with Crippen molar-refractivity contribution in [3.8, 4) is 5.75 Å². The van der Waals surface area contributed by atoms with Crippen LogP contribution in [-0.2, 0) is 4.79 Å². The summed E-state index contributed by atoms with van der Waals surface area (Å²) in [6.45, 7) is 6.39. The number of ether oxygens (including phenoxy) is 1. The zero-order valence-electron chi connectivity index (χ0n) is 15.4. The van der Waals surface area contributed by atoms with Gasteiger partial charge < -0.3 is 15.0 Å². The lowest BCUT2D eigenvalue weighted by molar-refractivity contribution is -0.116. The Balaban J connectivity index is 1.29. The Morgan fingerprint density at radius 2 is 1.67 bits per heavy atom. The SMILES string of the molecule is O=C(CCN1CCN(CCOc2ccccc2)CC1)Nc1cccc(Cl)c1. The van der Waals surface area contributed by atoms with E-state index in [4.69, 9.17) is 16.3 Å². The minimum atomic E-state index is 0.0240. The van der Waals surface area contributed by atoms with Crippen molar-refractivity contribution >= 4 is 23.2 Å². The molecule has 0 saturated carbocycles. The standard InChI is InChI=1S/C21H26ClN3O2/c22-18-5-4-6-19(17-18)23-21(26)9-10-24-11-13-25(14-12-24)15-16-27-20-7-2-1-3-8-20/h1-8,17H,9-16H2,(H,23,26). The molecule has 1 fully saturated rings. The van der Waals surface area contributed by atoms with E-state index in [1.165, 1.54) is 0 Å². The van der Waals surface area contributed by atoms with Gasteiger partial charge in [-0.3, -0.25) is 9.69 Å². The third kappa shape index (κ3) is 6.86. The van der Waals surface area contributed by atoms with Crippen LogP contribution >= 0.6 is 11.6 Å². The van der Waals surface area contributed by atoms with Gasteiger partial charge in [-0.1, -0.05) is 35.9 Å². The molecule has 5 nitrogen and oxygen atoms in total. The van der Waals surface area contributed by atoms with Gasteiger partial charge in [-0.2, -0.15) is 0 Å². The fourth-order valence-corrected chi connectivity index (χ4v) is 3.29. The quantitative estimate of drug-likeness (QED) is 0.754. The lowest BCUT2D eigenvalue weighted by atomic mass is 10.2. The van der Waals surface area contributed by atoms with Crippen LogP contribution in [0.3, 0.4) is 0 Å². The molecule has 0 bridgehead atoms. The molecule has 0 spiro atoms. The largest absolute Gasteiger partial charge is 0.492 e. The molecular weight excluding hydrogens is 362 g/mol. The summed E-state index contributed by atoms with van der Waals surface area (Å²) in [7, 11) is 0. The van der Waals surface area contributed by atoms with Crippen molar-refractivity contribution in [1.29, 1.82) is 0 Å². The number of amides is 1. The van der Waals surface area contributed by atoms with Gasteiger partial charge in [0.05, 0.1) is 0 Å². The van der Waals surface area contributed by atoms with Crippen molar-refractivity contribution in [1.82, 2.24) is 9.80 Å². The third-order valence-corrected chi connectivity index (χ3v) is 4.88. The first-order chi connectivity index (χ1) is 13.2. The highest BCUT2D eigenvalue weighted by molar-refractivity contribution is 6.30. The maximum Gasteiger partial charge on any atom is 0.225 e. The minimum absolute atomic E-state index is 0.0240. The Morgan fingerprint density at radius 3 is 2.37 bits per heavy atom. The van der Waals surface area contributed by atoms with Gasteiger partial charge in [-0.25, -0.2) is 0 Å². The molecule has 2 aromatic rings. The second kappa shape index (κ2) is 10.3. The lowest BCUT2D eigenvalue weighted by Gasteiger charge is -2.34. The number of nitrogens with zero attached hydrogens (tertiary/aromatic N) is 2. The predicted octanol–water partition coefficient (Wildman–Crippen LogP) is 3.37. The summed E-state index contributed by atoms with van der Waals surface area (Å²) >= 11 is 5.94. The second-order valence-corrected chi connectivity index (χ2v) is 7.09. The van der Waals surface area contributed by atoms with E-state index in [1.54, 1.807) is 12.1 Å². The van der Waals surface area contributed by atoms with Crippen LogP contribution in [0.15, 0.2) is 54.6 Å². The first-order valence-corrected chi connectivity index (χ1v) is 9.75. The number of hydrogen-bond donors (Lipinski definition) is 1. The van der Waals surface area contributed by atoms with Crippen LogP contribution in [0.4, 0.5) is 5.69 Å². The molecule has 0 unspecified atom stereocenters. The molecule has 1 aliphatic rings. The Kier molecular flexibility index (Phi) is 7.51. The van der Waals surface area contributed by atoms with Gasteiger partial charge >= 0.3 is 0 Å². The Bertz CT molecular complexity index is 718. The molecule has 0 atom stereocenters. The normalized spacial score (nSPS) is 15.4. The van der Waals surface area contributed by atoms with Crippen molar-refractivity contribution in [2.75, 3.05) is 51.2 Å². The van der Waals surface area contributed by atoms with Crippen LogP contribution in [0.5, 0.6) is 5.75 Å². The number of carbonyl (C=O) groups is 1. The molecule has 1 saturated heterocycles. The zero-order chi connectivity index (χ0) is 18.9. The highest BCUT2D eigenvalue weighted by Crippen LogP contribution is 2.15. The van der Waals surface area contributed by atoms with Crippen molar-refractivity contribution in [2.45, 2.75) is 6.42 Å². The van der Waals surface area contributed by atoms with Crippen LogP contribution in [0.2, 0.25) is 5.02 Å². The lowest BCUT2D eigenvalue weighted by Crippen LogP contribution is -2.48. The van der Waals surface area contributed by atoms with Crippen molar-refractivity contribution in [2.24, 2.45) is 0 Å². The van der Waals surface area contributed by atoms with E-state index >= 15 is 0 Å². The second-order valence-electron chi connectivity index (χ2n) is 6.65. The summed E-state index contributed by atoms with van der Waals surface area (Å²) in [5, 5.41) is 3.52. The zero-order valence-corrected chi connectivity index (χ0v) is 16.2. The topological polar surface area (TPSA) is 44.8 Å². The Labute approximate surface area is 165 Å². The van der Waals surface area contributed by atoms with Crippen molar-refractivity contribution in [3.05, 3.63) is 59.6 Å². The van der Waals surface area contributed by atoms with Crippen LogP contribution < -0.4 is 10.1 Å². The Morgan fingerprint density at radius 1 is 0.963 bits per heavy atom. The van der Waals surface area contributed by atoms with Crippen molar-refractivity contribution in [3.63, 3.8) is 0 Å². The number of benzene rings is 2. The number of para-hydroxylation sites is 1. The number of carbonyl (C=O) groups excluding carboxylic acids is 1. The van der Waals surface area contributed by atoms with Crippen molar-refractivity contribution < 1.29 is 9.53 Å². The third-order valence-electron chi connectivity index (χ3n) is 4.65. The van der Waals surface area contributed by atoms with Gasteiger partial charge in [0, 0.05) is 56.4 Å². The van der Waals surface area contributed by atoms with Crippen LogP contribution in [0, 0.1) is 0 Å². The van der Waals surface area contributed by atoms with E-state index in [0.717, 1.165) is 50.7 Å². The van der Waals surface area contributed by atoms with E-state index in [0.29, 0.717) is 18.1 Å². The van der Waals surface area contributed by atoms with Gasteiger partial charge in [0.25, 0.3) is 0 Å². The average molecular weight is 388 g/mol. The molecule has 1 amide bonds. The van der Waals surface area contributed by atoms with Gasteiger partial charge in [-0.15, -0.1) is 0 Å². The first kappa shape index (κ1) is 19.7. The molecule has 1 heterocycles. The van der Waals surface area contributed by atoms with Crippen LogP contribution in [-0.4, -0.2) is 61.6 Å². The molecule has 0 aromatic heterocycles. The summed E-state index contributed by atoms with van der Waals surface area (Å²) in [6.07, 6.45) is 0.490. The fraction of sp³-hybridized carbons (Fsp3) is 0.381. The molecule has 1 aliphatic heterocycles. The molecule has 2 aromatic carbocycles.